The number of carbonyl (C=O) groups excluding carboxylic acids is 4. The lowest BCUT2D eigenvalue weighted by molar-refractivity contribution is -0.142. The number of aromatic nitrogens is 1. The van der Waals surface area contributed by atoms with Gasteiger partial charge >= 0.3 is 12.1 Å². The van der Waals surface area contributed by atoms with E-state index < -0.39 is 24.2 Å². The molecular formula is C38H67N5O9S. The Morgan fingerprint density at radius 3 is 2.42 bits per heavy atom. The molecule has 1 aliphatic heterocycles. The molecule has 0 aromatic carbocycles. The Kier molecular flexibility index (Phi) is 22.8. The minimum Gasteiger partial charge on any atom is -0.461 e. The molecule has 0 unspecified atom stereocenters. The lowest BCUT2D eigenvalue weighted by atomic mass is 9.91. The van der Waals surface area contributed by atoms with Crippen LogP contribution in [-0.2, 0) is 28.5 Å². The molecule has 304 valence electrons. The van der Waals surface area contributed by atoms with Gasteiger partial charge in [0.05, 0.1) is 45.7 Å². The number of hydrogen-bond acceptors (Lipinski definition) is 12. The van der Waals surface area contributed by atoms with Crippen LogP contribution in [0.15, 0.2) is 5.38 Å². The summed E-state index contributed by atoms with van der Waals surface area (Å²) in [6, 6.07) is -1.39. The highest BCUT2D eigenvalue weighted by molar-refractivity contribution is 7.09. The number of rotatable bonds is 26. The van der Waals surface area contributed by atoms with E-state index in [1.165, 1.54) is 11.3 Å². The largest absolute Gasteiger partial charge is 0.461 e. The van der Waals surface area contributed by atoms with Gasteiger partial charge < -0.3 is 39.6 Å². The van der Waals surface area contributed by atoms with E-state index in [0.717, 1.165) is 51.5 Å². The van der Waals surface area contributed by atoms with Crippen LogP contribution in [-0.4, -0.2) is 128 Å². The summed E-state index contributed by atoms with van der Waals surface area (Å²) in [4.78, 5) is 62.7. The zero-order valence-electron chi connectivity index (χ0n) is 33.2. The van der Waals surface area contributed by atoms with Crippen LogP contribution in [0.25, 0.3) is 0 Å². The summed E-state index contributed by atoms with van der Waals surface area (Å²) in [6.45, 7) is 14.7. The van der Waals surface area contributed by atoms with E-state index in [1.54, 1.807) is 12.3 Å². The number of aliphatic hydroxyl groups is 1. The molecule has 1 saturated heterocycles. The molecule has 0 bridgehead atoms. The Morgan fingerprint density at radius 2 is 1.77 bits per heavy atom. The lowest BCUT2D eigenvalue weighted by Crippen LogP contribution is -2.59. The number of esters is 1. The van der Waals surface area contributed by atoms with Gasteiger partial charge in [-0.15, -0.1) is 11.3 Å². The molecular weight excluding hydrogens is 703 g/mol. The third kappa shape index (κ3) is 16.2. The molecule has 1 aromatic rings. The topological polar surface area (TPSA) is 169 Å². The Balaban J connectivity index is 2.39. The van der Waals surface area contributed by atoms with Gasteiger partial charge in [0.15, 0.2) is 11.8 Å². The van der Waals surface area contributed by atoms with E-state index in [0.29, 0.717) is 31.2 Å². The van der Waals surface area contributed by atoms with Crippen molar-refractivity contribution in [1.82, 2.24) is 25.4 Å². The van der Waals surface area contributed by atoms with Gasteiger partial charge in [0.1, 0.15) is 11.0 Å². The average molecular weight is 770 g/mol. The monoisotopic (exact) mass is 769 g/mol. The quantitative estimate of drug-likeness (QED) is 0.0862. The molecule has 0 radical (unpaired) electrons. The van der Waals surface area contributed by atoms with Crippen molar-refractivity contribution in [2.75, 3.05) is 66.3 Å². The van der Waals surface area contributed by atoms with Gasteiger partial charge in [0, 0.05) is 30.9 Å². The van der Waals surface area contributed by atoms with Crippen LogP contribution in [0.2, 0.25) is 0 Å². The Bertz CT molecular complexity index is 1220. The van der Waals surface area contributed by atoms with Crippen LogP contribution < -0.4 is 10.6 Å². The molecule has 0 saturated carbocycles. The fourth-order valence-corrected chi connectivity index (χ4v) is 7.19. The highest BCUT2D eigenvalue weighted by Crippen LogP contribution is 2.32. The normalized spacial score (nSPS) is 17.1. The number of likely N-dealkylation sites (N-methyl/N-ethyl adjacent to an activating group) is 1. The highest BCUT2D eigenvalue weighted by atomic mass is 32.1. The summed E-state index contributed by atoms with van der Waals surface area (Å²) in [5.41, 5.74) is 0.124. The van der Waals surface area contributed by atoms with Gasteiger partial charge in [-0.25, -0.2) is 14.6 Å². The molecule has 0 aliphatic carbocycles. The Morgan fingerprint density at radius 1 is 1.04 bits per heavy atom. The third-order valence-corrected chi connectivity index (χ3v) is 10.6. The zero-order valence-corrected chi connectivity index (χ0v) is 34.0. The third-order valence-electron chi connectivity index (χ3n) is 9.67. The Labute approximate surface area is 321 Å². The van der Waals surface area contributed by atoms with E-state index in [1.807, 2.05) is 39.6 Å². The molecule has 3 amide bonds. The maximum absolute atomic E-state index is 14.8. The van der Waals surface area contributed by atoms with Crippen molar-refractivity contribution in [2.45, 2.75) is 124 Å². The number of aliphatic hydroxyl groups excluding tert-OH is 1. The number of nitrogens with zero attached hydrogens (tertiary/aromatic N) is 3. The molecule has 14 nitrogen and oxygen atoms in total. The number of likely N-dealkylation sites (tertiary alicyclic amines) is 1. The van der Waals surface area contributed by atoms with Gasteiger partial charge in [-0.1, -0.05) is 66.7 Å². The second kappa shape index (κ2) is 26.0. The number of ether oxygens (including phenoxy) is 4. The maximum Gasteiger partial charge on any atom is 0.407 e. The van der Waals surface area contributed by atoms with Gasteiger partial charge in [0.2, 0.25) is 11.8 Å². The van der Waals surface area contributed by atoms with Crippen molar-refractivity contribution >= 4 is 35.2 Å². The molecule has 1 fully saturated rings. The van der Waals surface area contributed by atoms with E-state index in [2.05, 4.69) is 27.4 Å². The van der Waals surface area contributed by atoms with E-state index in [4.69, 9.17) is 24.1 Å². The van der Waals surface area contributed by atoms with Gasteiger partial charge in [-0.2, -0.15) is 0 Å². The molecule has 2 rings (SSSR count). The number of unbranched alkanes of at least 4 members (excludes halogenated alkanes) is 3. The van der Waals surface area contributed by atoms with Crippen molar-refractivity contribution in [3.8, 4) is 0 Å². The summed E-state index contributed by atoms with van der Waals surface area (Å²) < 4.78 is 21.8. The molecule has 5 atom stereocenters. The summed E-state index contributed by atoms with van der Waals surface area (Å²) in [5, 5.41) is 16.7. The number of alkyl carbamates (subject to hydrolysis) is 1. The fourth-order valence-electron chi connectivity index (χ4n) is 6.36. The second-order valence-electron chi connectivity index (χ2n) is 14.1. The van der Waals surface area contributed by atoms with Crippen LogP contribution in [0, 0.1) is 11.8 Å². The average Bonchev–Trinajstić information content (AvgIpc) is 3.64. The molecule has 2 heterocycles. The summed E-state index contributed by atoms with van der Waals surface area (Å²) in [6.07, 6.45) is 5.95. The first-order valence-electron chi connectivity index (χ1n) is 19.6. The molecule has 0 spiro atoms. The number of carbonyl (C=O) groups is 4. The predicted molar refractivity (Wildman–Crippen MR) is 205 cm³/mol. The van der Waals surface area contributed by atoms with Crippen molar-refractivity contribution in [1.29, 1.82) is 0 Å². The minimum atomic E-state index is -0.887. The molecule has 15 heteroatoms. The van der Waals surface area contributed by atoms with Gasteiger partial charge in [0.25, 0.3) is 0 Å². The molecule has 53 heavy (non-hydrogen) atoms. The number of thiazole rings is 1. The maximum atomic E-state index is 14.8. The van der Waals surface area contributed by atoms with Crippen molar-refractivity contribution in [3.63, 3.8) is 0 Å². The van der Waals surface area contributed by atoms with Crippen molar-refractivity contribution in [2.24, 2.45) is 11.8 Å². The first kappa shape index (κ1) is 46.3. The van der Waals surface area contributed by atoms with Crippen molar-refractivity contribution in [3.05, 3.63) is 16.1 Å². The van der Waals surface area contributed by atoms with E-state index >= 15 is 0 Å². The van der Waals surface area contributed by atoms with Crippen LogP contribution >= 0.6 is 11.3 Å². The SMILES string of the molecule is CCCCCCN(C(=O)[C@@H](NC(=O)[C@H]1CCCCN1C)[C@@H](C)CC)[C@H](C[C@@H](OC(=O)NCCOCCOCCO)c1nc(C(=O)OCC)cs1)C(C)C. The predicted octanol–water partition coefficient (Wildman–Crippen LogP) is 4.95. The van der Waals surface area contributed by atoms with Gasteiger partial charge in [-0.05, 0) is 51.6 Å². The summed E-state index contributed by atoms with van der Waals surface area (Å²) in [5.74, 6) is -0.994. The molecule has 3 N–H and O–H groups in total. The number of hydrogen-bond donors (Lipinski definition) is 3. The first-order chi connectivity index (χ1) is 25.5. The van der Waals surface area contributed by atoms with Crippen molar-refractivity contribution < 1.29 is 43.2 Å². The van der Waals surface area contributed by atoms with Gasteiger partial charge in [-0.3, -0.25) is 14.5 Å². The fraction of sp³-hybridized carbons (Fsp3) is 0.816. The number of amides is 3. The Hall–Kier alpha value is -2.85. The number of nitrogens with one attached hydrogen (secondary N) is 2. The second-order valence-corrected chi connectivity index (χ2v) is 15.0. The highest BCUT2D eigenvalue weighted by Gasteiger charge is 2.38. The molecule has 1 aromatic heterocycles. The van der Waals surface area contributed by atoms with Crippen LogP contribution in [0.5, 0.6) is 0 Å². The zero-order chi connectivity index (χ0) is 39.2. The smallest absolute Gasteiger partial charge is 0.407 e. The standard InChI is InChI=1S/C38H67N5O9S/c1-8-11-12-14-19-43(36(46)33(28(6)9-2)41-34(45)30-16-13-15-18-42(30)7)31(27(4)5)25-32(35-40-29(26-53-35)37(47)51-10-3)52-38(48)39-17-21-49-23-24-50-22-20-44/h26-28,30-33,44H,8-25H2,1-7H3,(H,39,48)(H,41,45)/t28-,30+,31+,32+,33-/m0/s1. The first-order valence-corrected chi connectivity index (χ1v) is 20.5. The van der Waals surface area contributed by atoms with E-state index in [-0.39, 0.29) is 80.8 Å². The lowest BCUT2D eigenvalue weighted by Gasteiger charge is -2.40. The summed E-state index contributed by atoms with van der Waals surface area (Å²) >= 11 is 1.19. The molecule has 1 aliphatic rings. The number of piperidine rings is 1. The van der Waals surface area contributed by atoms with E-state index in [9.17, 15) is 19.2 Å². The summed E-state index contributed by atoms with van der Waals surface area (Å²) in [7, 11) is 1.96. The van der Waals surface area contributed by atoms with Crippen LogP contribution in [0.3, 0.4) is 0 Å². The van der Waals surface area contributed by atoms with Crippen LogP contribution in [0.4, 0.5) is 4.79 Å². The minimum absolute atomic E-state index is 0.0528. The van der Waals surface area contributed by atoms with Crippen LogP contribution in [0.1, 0.15) is 121 Å².